The number of nitrogens with one attached hydrogen (secondary N) is 1. The number of hydrogen-bond acceptors (Lipinski definition) is 3. The van der Waals surface area contributed by atoms with Gasteiger partial charge in [0.1, 0.15) is 0 Å². The van der Waals surface area contributed by atoms with Crippen molar-refractivity contribution in [3.63, 3.8) is 0 Å². The van der Waals surface area contributed by atoms with E-state index in [4.69, 9.17) is 4.74 Å². The van der Waals surface area contributed by atoms with Crippen molar-refractivity contribution in [3.8, 4) is 0 Å². The smallest absolute Gasteiger partial charge is 0.339 e. The van der Waals surface area contributed by atoms with Gasteiger partial charge in [0.25, 0.3) is 5.91 Å². The summed E-state index contributed by atoms with van der Waals surface area (Å²) in [7, 11) is 0. The molecule has 1 N–H and O–H groups in total. The molecule has 2 aliphatic carbocycles. The Morgan fingerprint density at radius 3 is 2.83 bits per heavy atom. The number of esters is 1. The summed E-state index contributed by atoms with van der Waals surface area (Å²) in [5.41, 5.74) is 1.48. The number of amides is 1. The first-order valence-corrected chi connectivity index (χ1v) is 8.71. The summed E-state index contributed by atoms with van der Waals surface area (Å²) in [6, 6.07) is 7.52. The van der Waals surface area contributed by atoms with Crippen LogP contribution >= 0.6 is 0 Å². The largest absolute Gasteiger partial charge is 0.448 e. The van der Waals surface area contributed by atoms with Crippen LogP contribution < -0.4 is 5.32 Å². The lowest BCUT2D eigenvalue weighted by atomic mass is 9.84. The molecule has 1 heterocycles. The molecule has 0 saturated heterocycles. The second-order valence-corrected chi connectivity index (χ2v) is 7.39. The van der Waals surface area contributed by atoms with E-state index >= 15 is 0 Å². The molecule has 4 heteroatoms. The fourth-order valence-electron chi connectivity index (χ4n) is 4.81. The van der Waals surface area contributed by atoms with Gasteiger partial charge >= 0.3 is 5.97 Å². The monoisotopic (exact) mass is 313 g/mol. The number of fused-ring (bicyclic) bond motifs is 3. The topological polar surface area (TPSA) is 55.4 Å². The van der Waals surface area contributed by atoms with Crippen LogP contribution in [-0.4, -0.2) is 24.0 Å². The van der Waals surface area contributed by atoms with Gasteiger partial charge in [0.15, 0.2) is 6.10 Å². The molecule has 4 nitrogen and oxygen atoms in total. The highest BCUT2D eigenvalue weighted by Crippen LogP contribution is 2.49. The Bertz CT molecular complexity index is 641. The average Bonchev–Trinajstić information content (AvgIpc) is 3.18. The number of benzene rings is 1. The van der Waals surface area contributed by atoms with Crippen molar-refractivity contribution in [3.05, 3.63) is 35.4 Å². The average molecular weight is 313 g/mol. The number of hydrogen-bond donors (Lipinski definition) is 1. The Morgan fingerprint density at radius 2 is 2.09 bits per heavy atom. The van der Waals surface area contributed by atoms with Gasteiger partial charge in [-0.15, -0.1) is 0 Å². The van der Waals surface area contributed by atoms with Crippen LogP contribution in [0.4, 0.5) is 0 Å². The van der Waals surface area contributed by atoms with Crippen molar-refractivity contribution in [2.24, 2.45) is 17.8 Å². The van der Waals surface area contributed by atoms with Crippen molar-refractivity contribution in [1.29, 1.82) is 0 Å². The van der Waals surface area contributed by atoms with Crippen molar-refractivity contribution in [2.45, 2.75) is 51.2 Å². The Balaban J connectivity index is 1.41. The molecule has 1 aliphatic heterocycles. The third kappa shape index (κ3) is 2.64. The number of rotatable bonds is 3. The molecular formula is C19H23NO3. The summed E-state index contributed by atoms with van der Waals surface area (Å²) in [6.07, 6.45) is 5.01. The predicted octanol–water partition coefficient (Wildman–Crippen LogP) is 2.71. The van der Waals surface area contributed by atoms with Crippen LogP contribution in [0.5, 0.6) is 0 Å². The molecule has 2 fully saturated rings. The molecule has 1 aromatic carbocycles. The molecule has 2 saturated carbocycles. The minimum atomic E-state index is -0.696. The van der Waals surface area contributed by atoms with Crippen LogP contribution in [0.1, 0.15) is 48.5 Å². The SMILES string of the molecule is CC(NC(=O)C1Cc2ccccc2C(=O)O1)C1CC2CCC1C2. The maximum absolute atomic E-state index is 12.5. The van der Waals surface area contributed by atoms with Gasteiger partial charge in [0.05, 0.1) is 5.56 Å². The zero-order valence-corrected chi connectivity index (χ0v) is 13.5. The fourth-order valence-corrected chi connectivity index (χ4v) is 4.81. The summed E-state index contributed by atoms with van der Waals surface area (Å²) in [5, 5.41) is 3.11. The van der Waals surface area contributed by atoms with Crippen LogP contribution in [0.25, 0.3) is 0 Å². The quantitative estimate of drug-likeness (QED) is 0.873. The summed E-state index contributed by atoms with van der Waals surface area (Å²) in [6.45, 7) is 2.10. The molecule has 0 spiro atoms. The van der Waals surface area contributed by atoms with Gasteiger partial charge in [-0.05, 0) is 55.6 Å². The van der Waals surface area contributed by atoms with Gasteiger partial charge in [-0.25, -0.2) is 4.79 Å². The molecule has 0 aromatic heterocycles. The van der Waals surface area contributed by atoms with Crippen molar-refractivity contribution in [1.82, 2.24) is 5.32 Å². The molecule has 5 atom stereocenters. The van der Waals surface area contributed by atoms with Crippen molar-refractivity contribution >= 4 is 11.9 Å². The van der Waals surface area contributed by atoms with E-state index in [2.05, 4.69) is 12.2 Å². The van der Waals surface area contributed by atoms with Gasteiger partial charge in [-0.1, -0.05) is 24.6 Å². The summed E-state index contributed by atoms with van der Waals surface area (Å²) in [4.78, 5) is 24.6. The molecule has 1 aromatic rings. The first-order chi connectivity index (χ1) is 11.1. The highest BCUT2D eigenvalue weighted by Gasteiger charge is 2.42. The predicted molar refractivity (Wildman–Crippen MR) is 85.9 cm³/mol. The third-order valence-electron chi connectivity index (χ3n) is 5.99. The van der Waals surface area contributed by atoms with Crippen molar-refractivity contribution in [2.75, 3.05) is 0 Å². The first kappa shape index (κ1) is 14.7. The maximum atomic E-state index is 12.5. The van der Waals surface area contributed by atoms with Gasteiger partial charge in [0, 0.05) is 12.5 Å². The molecule has 5 unspecified atom stereocenters. The van der Waals surface area contributed by atoms with E-state index < -0.39 is 6.10 Å². The first-order valence-electron chi connectivity index (χ1n) is 8.71. The molecule has 122 valence electrons. The number of carbonyl (C=O) groups excluding carboxylic acids is 2. The van der Waals surface area contributed by atoms with E-state index in [0.29, 0.717) is 17.9 Å². The molecule has 0 radical (unpaired) electrons. The maximum Gasteiger partial charge on any atom is 0.339 e. The zero-order valence-electron chi connectivity index (χ0n) is 13.5. The summed E-state index contributed by atoms with van der Waals surface area (Å²) in [5.74, 6) is 1.68. The standard InChI is InChI=1S/C19H23NO3/c1-11(16-9-12-6-7-14(16)8-12)20-18(21)17-10-13-4-2-3-5-15(13)19(22)23-17/h2-5,11-12,14,16-17H,6-10H2,1H3,(H,20,21). The van der Waals surface area contributed by atoms with E-state index in [9.17, 15) is 9.59 Å². The van der Waals surface area contributed by atoms with E-state index in [1.807, 2.05) is 18.2 Å². The van der Waals surface area contributed by atoms with Crippen LogP contribution in [0, 0.1) is 17.8 Å². The second kappa shape index (κ2) is 5.66. The van der Waals surface area contributed by atoms with Gasteiger partial charge in [-0.2, -0.15) is 0 Å². The highest BCUT2D eigenvalue weighted by atomic mass is 16.5. The highest BCUT2D eigenvalue weighted by molar-refractivity contribution is 5.95. The number of carbonyl (C=O) groups is 2. The van der Waals surface area contributed by atoms with E-state index in [1.54, 1.807) is 6.07 Å². The Hall–Kier alpha value is -1.84. The molecule has 1 amide bonds. The number of cyclic esters (lactones) is 1. The lowest BCUT2D eigenvalue weighted by Crippen LogP contribution is -2.48. The van der Waals surface area contributed by atoms with Crippen molar-refractivity contribution < 1.29 is 14.3 Å². The lowest BCUT2D eigenvalue weighted by Gasteiger charge is -2.30. The van der Waals surface area contributed by atoms with Gasteiger partial charge in [0.2, 0.25) is 0 Å². The van der Waals surface area contributed by atoms with E-state index in [1.165, 1.54) is 25.7 Å². The van der Waals surface area contributed by atoms with Crippen LogP contribution in [-0.2, 0) is 16.0 Å². The minimum absolute atomic E-state index is 0.150. The minimum Gasteiger partial charge on any atom is -0.448 e. The third-order valence-corrected chi connectivity index (χ3v) is 5.99. The molecule has 3 aliphatic rings. The van der Waals surface area contributed by atoms with E-state index in [-0.39, 0.29) is 17.9 Å². The lowest BCUT2D eigenvalue weighted by molar-refractivity contribution is -0.131. The van der Waals surface area contributed by atoms with E-state index in [0.717, 1.165) is 17.4 Å². The summed E-state index contributed by atoms with van der Waals surface area (Å²) < 4.78 is 5.35. The second-order valence-electron chi connectivity index (χ2n) is 7.39. The molecule has 4 rings (SSSR count). The summed E-state index contributed by atoms with van der Waals surface area (Å²) >= 11 is 0. The Labute approximate surface area is 136 Å². The zero-order chi connectivity index (χ0) is 16.0. The van der Waals surface area contributed by atoms with Gasteiger partial charge in [-0.3, -0.25) is 4.79 Å². The van der Waals surface area contributed by atoms with Crippen LogP contribution in [0.3, 0.4) is 0 Å². The Kier molecular flexibility index (Phi) is 3.63. The van der Waals surface area contributed by atoms with Gasteiger partial charge < -0.3 is 10.1 Å². The molecular weight excluding hydrogens is 290 g/mol. The van der Waals surface area contributed by atoms with Crippen LogP contribution in [0.15, 0.2) is 24.3 Å². The Morgan fingerprint density at radius 1 is 1.26 bits per heavy atom. The van der Waals surface area contributed by atoms with Crippen LogP contribution in [0.2, 0.25) is 0 Å². The normalized spacial score (nSPS) is 33.0. The fraction of sp³-hybridized carbons (Fsp3) is 0.579. The molecule has 2 bridgehead atoms. The number of ether oxygens (including phenoxy) is 1. The molecule has 23 heavy (non-hydrogen) atoms.